The third-order valence-corrected chi connectivity index (χ3v) is 5.40. The second-order valence-corrected chi connectivity index (χ2v) is 7.27. The van der Waals surface area contributed by atoms with E-state index in [1.807, 2.05) is 19.1 Å². The summed E-state index contributed by atoms with van der Waals surface area (Å²) in [6.07, 6.45) is 0.597. The summed E-state index contributed by atoms with van der Waals surface area (Å²) in [4.78, 5) is 0.0678. The van der Waals surface area contributed by atoms with E-state index in [4.69, 9.17) is 21.1 Å². The monoisotopic (exact) mass is 369 g/mol. The molecule has 7 heteroatoms. The van der Waals surface area contributed by atoms with Crippen LogP contribution in [0.3, 0.4) is 0 Å². The van der Waals surface area contributed by atoms with Crippen molar-refractivity contribution in [3.05, 3.63) is 53.1 Å². The fourth-order valence-electron chi connectivity index (χ4n) is 2.33. The smallest absolute Gasteiger partial charge is 0.244 e. The minimum atomic E-state index is -3.76. The van der Waals surface area contributed by atoms with E-state index in [-0.39, 0.29) is 16.7 Å². The van der Waals surface area contributed by atoms with Crippen molar-refractivity contribution in [1.82, 2.24) is 4.72 Å². The summed E-state index contributed by atoms with van der Waals surface area (Å²) in [6, 6.07) is 11.3. The molecule has 1 N–H and O–H groups in total. The normalized spacial score (nSPS) is 12.7. The molecule has 2 aromatic carbocycles. The molecule has 0 aliphatic carbocycles. The van der Waals surface area contributed by atoms with Gasteiger partial charge in [-0.05, 0) is 36.2 Å². The molecule has 2 aromatic rings. The Bertz CT molecular complexity index is 791. The molecule has 0 aliphatic rings. The van der Waals surface area contributed by atoms with Crippen molar-refractivity contribution in [3.8, 4) is 11.5 Å². The predicted octanol–water partition coefficient (Wildman–Crippen LogP) is 3.79. The lowest BCUT2D eigenvalue weighted by molar-refractivity contribution is 0.385. The van der Waals surface area contributed by atoms with Gasteiger partial charge in [-0.15, -0.1) is 0 Å². The second-order valence-electron chi connectivity index (χ2n) is 5.15. The third kappa shape index (κ3) is 4.20. The Morgan fingerprint density at radius 3 is 2.29 bits per heavy atom. The Morgan fingerprint density at radius 2 is 1.75 bits per heavy atom. The first-order valence-corrected chi connectivity index (χ1v) is 9.27. The number of halogens is 1. The molecule has 0 unspecified atom stereocenters. The van der Waals surface area contributed by atoms with Gasteiger partial charge >= 0.3 is 0 Å². The molecule has 2 rings (SSSR count). The number of rotatable bonds is 7. The van der Waals surface area contributed by atoms with Crippen molar-refractivity contribution in [1.29, 1.82) is 0 Å². The molecule has 1 atom stereocenters. The Morgan fingerprint density at radius 1 is 1.08 bits per heavy atom. The summed E-state index contributed by atoms with van der Waals surface area (Å²) in [5, 5.41) is 0.605. The standard InChI is InChI=1S/C17H20ClNO4S/c1-4-15(12-5-7-13(18)8-6-12)19-24(20,21)17-10-9-14(22-2)11-16(17)23-3/h5-11,15,19H,4H2,1-3H3/t15-/m1/s1. The molecule has 5 nitrogen and oxygen atoms in total. The summed E-state index contributed by atoms with van der Waals surface area (Å²) >= 11 is 5.89. The highest BCUT2D eigenvalue weighted by Crippen LogP contribution is 2.30. The maximum absolute atomic E-state index is 12.8. The van der Waals surface area contributed by atoms with Crippen LogP contribution in [0.4, 0.5) is 0 Å². The molecule has 0 aliphatic heterocycles. The Labute approximate surface area is 147 Å². The number of ether oxygens (including phenoxy) is 2. The molecular weight excluding hydrogens is 350 g/mol. The lowest BCUT2D eigenvalue weighted by atomic mass is 10.1. The van der Waals surface area contributed by atoms with E-state index in [2.05, 4.69) is 4.72 Å². The number of hydrogen-bond donors (Lipinski definition) is 1. The average Bonchev–Trinajstić information content (AvgIpc) is 2.59. The first kappa shape index (κ1) is 18.6. The molecule has 0 saturated carbocycles. The van der Waals surface area contributed by atoms with Crippen LogP contribution in [-0.2, 0) is 10.0 Å². The van der Waals surface area contributed by atoms with Crippen LogP contribution in [0.1, 0.15) is 24.9 Å². The highest BCUT2D eigenvalue weighted by Gasteiger charge is 2.24. The number of hydrogen-bond acceptors (Lipinski definition) is 4. The van der Waals surface area contributed by atoms with Gasteiger partial charge in [-0.2, -0.15) is 0 Å². The first-order chi connectivity index (χ1) is 11.4. The van der Waals surface area contributed by atoms with Crippen LogP contribution in [0.5, 0.6) is 11.5 Å². The summed E-state index contributed by atoms with van der Waals surface area (Å²) in [6.45, 7) is 1.91. The molecular formula is C17H20ClNO4S. The number of sulfonamides is 1. The van der Waals surface area contributed by atoms with Crippen molar-refractivity contribution >= 4 is 21.6 Å². The Hall–Kier alpha value is -1.76. The average molecular weight is 370 g/mol. The largest absolute Gasteiger partial charge is 0.497 e. The molecule has 130 valence electrons. The van der Waals surface area contributed by atoms with Crippen molar-refractivity contribution in [2.75, 3.05) is 14.2 Å². The van der Waals surface area contributed by atoms with Crippen LogP contribution >= 0.6 is 11.6 Å². The zero-order valence-electron chi connectivity index (χ0n) is 13.7. The highest BCUT2D eigenvalue weighted by molar-refractivity contribution is 7.89. The van der Waals surface area contributed by atoms with Crippen LogP contribution < -0.4 is 14.2 Å². The van der Waals surface area contributed by atoms with E-state index >= 15 is 0 Å². The number of nitrogens with one attached hydrogen (secondary N) is 1. The van der Waals surface area contributed by atoms with Crippen molar-refractivity contribution in [3.63, 3.8) is 0 Å². The van der Waals surface area contributed by atoms with Crippen LogP contribution in [0.15, 0.2) is 47.4 Å². The van der Waals surface area contributed by atoms with Crippen molar-refractivity contribution in [2.24, 2.45) is 0 Å². The van der Waals surface area contributed by atoms with E-state index in [1.165, 1.54) is 26.4 Å². The zero-order valence-corrected chi connectivity index (χ0v) is 15.3. The van der Waals surface area contributed by atoms with Gasteiger partial charge in [0.2, 0.25) is 10.0 Å². The minimum absolute atomic E-state index is 0.0678. The van der Waals surface area contributed by atoms with Crippen LogP contribution in [-0.4, -0.2) is 22.6 Å². The van der Waals surface area contributed by atoms with Crippen LogP contribution in [0.25, 0.3) is 0 Å². The van der Waals surface area contributed by atoms with Crippen molar-refractivity contribution < 1.29 is 17.9 Å². The summed E-state index contributed by atoms with van der Waals surface area (Å²) in [7, 11) is -0.831. The lowest BCUT2D eigenvalue weighted by Gasteiger charge is -2.19. The van der Waals surface area contributed by atoms with Gasteiger partial charge in [0.25, 0.3) is 0 Å². The maximum Gasteiger partial charge on any atom is 0.244 e. The zero-order chi connectivity index (χ0) is 17.7. The summed E-state index contributed by atoms with van der Waals surface area (Å²) < 4.78 is 38.5. The van der Waals surface area contributed by atoms with Gasteiger partial charge in [0.05, 0.1) is 14.2 Å². The number of methoxy groups -OCH3 is 2. The van der Waals surface area contributed by atoms with Gasteiger partial charge in [0.15, 0.2) is 0 Å². The maximum atomic E-state index is 12.8. The van der Waals surface area contributed by atoms with Gasteiger partial charge in [0.1, 0.15) is 16.4 Å². The Balaban J connectivity index is 2.34. The SMILES string of the molecule is CC[C@@H](NS(=O)(=O)c1ccc(OC)cc1OC)c1ccc(Cl)cc1. The van der Waals surface area contributed by atoms with Gasteiger partial charge in [-0.25, -0.2) is 13.1 Å². The highest BCUT2D eigenvalue weighted by atomic mass is 35.5. The molecule has 0 heterocycles. The predicted molar refractivity (Wildman–Crippen MR) is 94.4 cm³/mol. The summed E-state index contributed by atoms with van der Waals surface area (Å²) in [5.41, 5.74) is 0.845. The number of benzene rings is 2. The van der Waals surface area contributed by atoms with Gasteiger partial charge in [-0.1, -0.05) is 30.7 Å². The molecule has 24 heavy (non-hydrogen) atoms. The molecule has 0 spiro atoms. The molecule has 0 saturated heterocycles. The lowest BCUT2D eigenvalue weighted by Crippen LogP contribution is -2.28. The van der Waals surface area contributed by atoms with Crippen LogP contribution in [0.2, 0.25) is 5.02 Å². The van der Waals surface area contributed by atoms with Gasteiger partial charge in [-0.3, -0.25) is 0 Å². The Kier molecular flexibility index (Phi) is 6.10. The molecule has 0 bridgehead atoms. The van der Waals surface area contributed by atoms with E-state index in [9.17, 15) is 8.42 Å². The quantitative estimate of drug-likeness (QED) is 0.806. The van der Waals surface area contributed by atoms with E-state index < -0.39 is 10.0 Å². The van der Waals surface area contributed by atoms with Gasteiger partial charge < -0.3 is 9.47 Å². The summed E-state index contributed by atoms with van der Waals surface area (Å²) in [5.74, 6) is 0.753. The molecule has 0 amide bonds. The fourth-order valence-corrected chi connectivity index (χ4v) is 3.91. The minimum Gasteiger partial charge on any atom is -0.497 e. The van der Waals surface area contributed by atoms with Gasteiger partial charge in [0, 0.05) is 17.1 Å². The van der Waals surface area contributed by atoms with E-state index in [0.717, 1.165) is 5.56 Å². The first-order valence-electron chi connectivity index (χ1n) is 7.41. The topological polar surface area (TPSA) is 64.6 Å². The molecule has 0 radical (unpaired) electrons. The molecule has 0 fully saturated rings. The molecule has 0 aromatic heterocycles. The van der Waals surface area contributed by atoms with Crippen molar-refractivity contribution in [2.45, 2.75) is 24.3 Å². The van der Waals surface area contributed by atoms with E-state index in [1.54, 1.807) is 18.2 Å². The van der Waals surface area contributed by atoms with Crippen LogP contribution in [0, 0.1) is 0 Å². The third-order valence-electron chi connectivity index (χ3n) is 3.64. The van der Waals surface area contributed by atoms with E-state index in [0.29, 0.717) is 17.2 Å². The fraction of sp³-hybridized carbons (Fsp3) is 0.294. The second kappa shape index (κ2) is 7.88.